The molecule has 0 saturated carbocycles. The number of amides is 1. The van der Waals surface area contributed by atoms with Crippen LogP contribution in [0, 0.1) is 6.92 Å². The van der Waals surface area contributed by atoms with E-state index in [2.05, 4.69) is 14.9 Å². The number of carboxylic acids is 1. The number of anilines is 1. The second-order valence-corrected chi connectivity index (χ2v) is 4.69. The maximum absolute atomic E-state index is 12.0. The zero-order valence-electron chi connectivity index (χ0n) is 10.5. The van der Waals surface area contributed by atoms with E-state index in [1.54, 1.807) is 31.2 Å². The Morgan fingerprint density at radius 3 is 2.85 bits per heavy atom. The van der Waals surface area contributed by atoms with Crippen molar-refractivity contribution in [2.24, 2.45) is 0 Å². The Bertz CT molecular complexity index is 679. The third-order valence-electron chi connectivity index (χ3n) is 2.42. The molecule has 0 aliphatic heterocycles. The summed E-state index contributed by atoms with van der Waals surface area (Å²) in [4.78, 5) is 22.9. The van der Waals surface area contributed by atoms with Gasteiger partial charge in [-0.2, -0.15) is 0 Å². The number of aromatic nitrogens is 2. The molecule has 1 amide bonds. The molecule has 7 heteroatoms. The molecule has 1 heterocycles. The normalized spacial score (nSPS) is 10.7. The molecule has 0 fully saturated rings. The number of carboxylic acid groups (broad SMARTS) is 1. The van der Waals surface area contributed by atoms with Gasteiger partial charge in [0, 0.05) is 11.8 Å². The summed E-state index contributed by atoms with van der Waals surface area (Å²) in [5.41, 5.74) is 1.84. The van der Waals surface area contributed by atoms with Crippen molar-refractivity contribution < 1.29 is 14.7 Å². The first-order valence-corrected chi connectivity index (χ1v) is 6.45. The standard InChI is InChI=1S/C13H11N3O3S/c1-8-12(20-16-15-8)13(19)14-10-4-2-3-9(7-10)5-6-11(17)18/h2-7H,1H3,(H,14,19)(H,17,18). The van der Waals surface area contributed by atoms with Crippen molar-refractivity contribution in [2.45, 2.75) is 6.92 Å². The molecule has 0 saturated heterocycles. The number of nitrogens with zero attached hydrogens (tertiary/aromatic N) is 2. The highest BCUT2D eigenvalue weighted by atomic mass is 32.1. The fourth-order valence-electron chi connectivity index (χ4n) is 1.52. The van der Waals surface area contributed by atoms with Crippen LogP contribution in [0.25, 0.3) is 6.08 Å². The minimum Gasteiger partial charge on any atom is -0.478 e. The summed E-state index contributed by atoms with van der Waals surface area (Å²) in [6.45, 7) is 1.71. The zero-order chi connectivity index (χ0) is 14.5. The van der Waals surface area contributed by atoms with Crippen LogP contribution >= 0.6 is 11.5 Å². The zero-order valence-corrected chi connectivity index (χ0v) is 11.3. The third-order valence-corrected chi connectivity index (χ3v) is 3.25. The minimum atomic E-state index is -1.02. The monoisotopic (exact) mass is 289 g/mol. The van der Waals surface area contributed by atoms with Crippen molar-refractivity contribution in [1.82, 2.24) is 9.59 Å². The van der Waals surface area contributed by atoms with E-state index in [1.165, 1.54) is 6.08 Å². The van der Waals surface area contributed by atoms with Gasteiger partial charge < -0.3 is 10.4 Å². The van der Waals surface area contributed by atoms with Crippen molar-refractivity contribution in [3.8, 4) is 0 Å². The van der Waals surface area contributed by atoms with Crippen molar-refractivity contribution in [2.75, 3.05) is 5.32 Å². The van der Waals surface area contributed by atoms with Gasteiger partial charge in [-0.05, 0) is 42.2 Å². The molecule has 2 aromatic rings. The molecule has 0 unspecified atom stereocenters. The number of carbonyl (C=O) groups excluding carboxylic acids is 1. The van der Waals surface area contributed by atoms with Gasteiger partial charge in [0.1, 0.15) is 4.88 Å². The molecule has 20 heavy (non-hydrogen) atoms. The lowest BCUT2D eigenvalue weighted by atomic mass is 10.2. The number of aryl methyl sites for hydroxylation is 1. The fourth-order valence-corrected chi connectivity index (χ4v) is 2.07. The Labute approximate surface area is 118 Å². The summed E-state index contributed by atoms with van der Waals surface area (Å²) in [6.07, 6.45) is 2.50. The third kappa shape index (κ3) is 3.48. The van der Waals surface area contributed by atoms with Gasteiger partial charge >= 0.3 is 5.97 Å². The molecule has 0 aliphatic rings. The molecular formula is C13H11N3O3S. The smallest absolute Gasteiger partial charge is 0.328 e. The summed E-state index contributed by atoms with van der Waals surface area (Å²) in [5, 5.41) is 15.1. The molecule has 0 aliphatic carbocycles. The van der Waals surface area contributed by atoms with Gasteiger partial charge in [0.25, 0.3) is 5.91 Å². The topological polar surface area (TPSA) is 92.2 Å². The lowest BCUT2D eigenvalue weighted by Gasteiger charge is -2.04. The van der Waals surface area contributed by atoms with Crippen LogP contribution < -0.4 is 5.32 Å². The van der Waals surface area contributed by atoms with E-state index < -0.39 is 5.97 Å². The van der Waals surface area contributed by atoms with E-state index in [0.29, 0.717) is 21.8 Å². The van der Waals surface area contributed by atoms with Crippen LogP contribution in [-0.4, -0.2) is 26.6 Å². The Morgan fingerprint density at radius 2 is 2.20 bits per heavy atom. The Hall–Kier alpha value is -2.54. The minimum absolute atomic E-state index is 0.281. The number of hydrogen-bond acceptors (Lipinski definition) is 5. The van der Waals surface area contributed by atoms with E-state index in [0.717, 1.165) is 17.6 Å². The molecule has 0 radical (unpaired) electrons. The fraction of sp³-hybridized carbons (Fsp3) is 0.0769. The van der Waals surface area contributed by atoms with E-state index >= 15 is 0 Å². The summed E-state index contributed by atoms with van der Waals surface area (Å²) < 4.78 is 3.71. The summed E-state index contributed by atoms with van der Waals surface area (Å²) in [7, 11) is 0. The molecule has 0 bridgehead atoms. The Morgan fingerprint density at radius 1 is 1.40 bits per heavy atom. The van der Waals surface area contributed by atoms with Crippen LogP contribution in [-0.2, 0) is 4.79 Å². The van der Waals surface area contributed by atoms with Crippen LogP contribution in [0.5, 0.6) is 0 Å². The summed E-state index contributed by atoms with van der Waals surface area (Å²) in [6, 6.07) is 6.88. The molecule has 0 spiro atoms. The van der Waals surface area contributed by atoms with Crippen LogP contribution in [0.2, 0.25) is 0 Å². The number of benzene rings is 1. The lowest BCUT2D eigenvalue weighted by Crippen LogP contribution is -2.11. The second-order valence-electron chi connectivity index (χ2n) is 3.94. The number of nitrogens with one attached hydrogen (secondary N) is 1. The average Bonchev–Trinajstić information content (AvgIpc) is 2.83. The van der Waals surface area contributed by atoms with Gasteiger partial charge in [0.05, 0.1) is 5.69 Å². The van der Waals surface area contributed by atoms with Crippen LogP contribution in [0.15, 0.2) is 30.3 Å². The van der Waals surface area contributed by atoms with E-state index in [-0.39, 0.29) is 5.91 Å². The van der Waals surface area contributed by atoms with E-state index in [4.69, 9.17) is 5.11 Å². The molecule has 6 nitrogen and oxygen atoms in total. The van der Waals surface area contributed by atoms with Crippen molar-refractivity contribution in [3.63, 3.8) is 0 Å². The molecule has 1 aromatic heterocycles. The predicted molar refractivity (Wildman–Crippen MR) is 75.7 cm³/mol. The maximum Gasteiger partial charge on any atom is 0.328 e. The number of hydrogen-bond donors (Lipinski definition) is 2. The van der Waals surface area contributed by atoms with Gasteiger partial charge in [-0.25, -0.2) is 4.79 Å². The highest BCUT2D eigenvalue weighted by Gasteiger charge is 2.13. The van der Waals surface area contributed by atoms with Crippen molar-refractivity contribution in [1.29, 1.82) is 0 Å². The lowest BCUT2D eigenvalue weighted by molar-refractivity contribution is -0.131. The van der Waals surface area contributed by atoms with Gasteiger partial charge in [0.2, 0.25) is 0 Å². The van der Waals surface area contributed by atoms with E-state index in [1.807, 2.05) is 0 Å². The first-order chi connectivity index (χ1) is 9.56. The maximum atomic E-state index is 12.0. The molecule has 0 atom stereocenters. The Balaban J connectivity index is 2.14. The van der Waals surface area contributed by atoms with Gasteiger partial charge in [-0.15, -0.1) is 5.10 Å². The van der Waals surface area contributed by atoms with Gasteiger partial charge in [-0.3, -0.25) is 4.79 Å². The number of aliphatic carboxylic acids is 1. The van der Waals surface area contributed by atoms with E-state index in [9.17, 15) is 9.59 Å². The second kappa shape index (κ2) is 6.07. The van der Waals surface area contributed by atoms with Crippen molar-refractivity contribution >= 4 is 35.2 Å². The highest BCUT2D eigenvalue weighted by Crippen LogP contribution is 2.15. The number of carbonyl (C=O) groups is 2. The summed E-state index contributed by atoms with van der Waals surface area (Å²) in [5.74, 6) is -1.30. The SMILES string of the molecule is Cc1nnsc1C(=O)Nc1cccc(C=CC(=O)O)c1. The molecule has 102 valence electrons. The van der Waals surface area contributed by atoms with Crippen molar-refractivity contribution in [3.05, 3.63) is 46.5 Å². The molecule has 2 rings (SSSR count). The average molecular weight is 289 g/mol. The van der Waals surface area contributed by atoms with Crippen LogP contribution in [0.3, 0.4) is 0 Å². The number of rotatable bonds is 4. The molecule has 2 N–H and O–H groups in total. The van der Waals surface area contributed by atoms with Gasteiger partial charge in [-0.1, -0.05) is 16.6 Å². The summed E-state index contributed by atoms with van der Waals surface area (Å²) >= 11 is 1.03. The molecular weight excluding hydrogens is 278 g/mol. The van der Waals surface area contributed by atoms with Crippen LogP contribution in [0.1, 0.15) is 20.9 Å². The largest absolute Gasteiger partial charge is 0.478 e. The first-order valence-electron chi connectivity index (χ1n) is 5.67. The Kier molecular flexibility index (Phi) is 4.21. The highest BCUT2D eigenvalue weighted by molar-refractivity contribution is 7.08. The molecule has 1 aromatic carbocycles. The van der Waals surface area contributed by atoms with Crippen LogP contribution in [0.4, 0.5) is 5.69 Å². The van der Waals surface area contributed by atoms with Gasteiger partial charge in [0.15, 0.2) is 0 Å². The first kappa shape index (κ1) is 13.9. The predicted octanol–water partition coefficient (Wildman–Crippen LogP) is 2.20. The quantitative estimate of drug-likeness (QED) is 0.842.